The van der Waals surface area contributed by atoms with E-state index in [9.17, 15) is 9.59 Å². The number of amides is 1. The van der Waals surface area contributed by atoms with E-state index in [1.165, 1.54) is 10.9 Å². The molecule has 1 saturated heterocycles. The highest BCUT2D eigenvalue weighted by Crippen LogP contribution is 2.11. The molecule has 5 nitrogen and oxygen atoms in total. The standard InChI is InChI=1S/C14H15N3O2/c18-13(16-8-4-5-9-16)12-10-15-17(14(12)19)11-6-2-1-3-7-11/h1-3,6-7,10,15H,4-5,8-9H2. The van der Waals surface area contributed by atoms with Gasteiger partial charge in [0.1, 0.15) is 5.56 Å². The van der Waals surface area contributed by atoms with Crippen molar-refractivity contribution in [3.8, 4) is 5.69 Å². The highest BCUT2D eigenvalue weighted by molar-refractivity contribution is 5.93. The molecular weight excluding hydrogens is 242 g/mol. The molecule has 1 N–H and O–H groups in total. The molecule has 0 unspecified atom stereocenters. The van der Waals surface area contributed by atoms with Crippen LogP contribution in [0.15, 0.2) is 41.3 Å². The van der Waals surface area contributed by atoms with Crippen LogP contribution in [0.2, 0.25) is 0 Å². The third-order valence-electron chi connectivity index (χ3n) is 3.41. The van der Waals surface area contributed by atoms with Gasteiger partial charge >= 0.3 is 0 Å². The number of para-hydroxylation sites is 1. The topological polar surface area (TPSA) is 58.1 Å². The number of nitrogens with one attached hydrogen (secondary N) is 1. The fourth-order valence-corrected chi connectivity index (χ4v) is 2.38. The van der Waals surface area contributed by atoms with Crippen LogP contribution in [0.4, 0.5) is 0 Å². The highest BCUT2D eigenvalue weighted by atomic mass is 16.2. The number of benzene rings is 1. The summed E-state index contributed by atoms with van der Waals surface area (Å²) in [4.78, 5) is 26.2. The van der Waals surface area contributed by atoms with Gasteiger partial charge in [0, 0.05) is 19.3 Å². The number of nitrogens with zero attached hydrogens (tertiary/aromatic N) is 2. The van der Waals surface area contributed by atoms with Gasteiger partial charge in [-0.3, -0.25) is 14.7 Å². The van der Waals surface area contributed by atoms with Gasteiger partial charge in [-0.1, -0.05) is 18.2 Å². The third-order valence-corrected chi connectivity index (χ3v) is 3.41. The van der Waals surface area contributed by atoms with Crippen LogP contribution >= 0.6 is 0 Å². The molecule has 0 spiro atoms. The molecule has 5 heteroatoms. The monoisotopic (exact) mass is 257 g/mol. The molecule has 3 rings (SSSR count). The summed E-state index contributed by atoms with van der Waals surface area (Å²) in [6.45, 7) is 1.49. The van der Waals surface area contributed by atoms with Crippen molar-refractivity contribution in [2.24, 2.45) is 0 Å². The maximum absolute atomic E-state index is 12.3. The quantitative estimate of drug-likeness (QED) is 0.884. The second-order valence-electron chi connectivity index (χ2n) is 4.66. The van der Waals surface area contributed by atoms with Crippen LogP contribution < -0.4 is 5.56 Å². The van der Waals surface area contributed by atoms with E-state index < -0.39 is 0 Å². The van der Waals surface area contributed by atoms with Crippen molar-refractivity contribution in [2.75, 3.05) is 13.1 Å². The van der Waals surface area contributed by atoms with Gasteiger partial charge in [-0.2, -0.15) is 0 Å². The second kappa shape index (κ2) is 4.76. The lowest BCUT2D eigenvalue weighted by atomic mass is 10.3. The Balaban J connectivity index is 1.95. The average molecular weight is 257 g/mol. The van der Waals surface area contributed by atoms with Gasteiger partial charge in [0.05, 0.1) is 5.69 Å². The Morgan fingerprint density at radius 3 is 2.47 bits per heavy atom. The van der Waals surface area contributed by atoms with Crippen LogP contribution in [0.1, 0.15) is 23.2 Å². The van der Waals surface area contributed by atoms with Crippen LogP contribution in [0, 0.1) is 0 Å². The van der Waals surface area contributed by atoms with Crippen LogP contribution in [0.25, 0.3) is 5.69 Å². The molecule has 1 fully saturated rings. The first-order valence-electron chi connectivity index (χ1n) is 6.42. The van der Waals surface area contributed by atoms with Crippen LogP contribution in [-0.4, -0.2) is 33.7 Å². The second-order valence-corrected chi connectivity index (χ2v) is 4.66. The number of H-pyrrole nitrogens is 1. The van der Waals surface area contributed by atoms with Gasteiger partial charge in [0.25, 0.3) is 11.5 Å². The van der Waals surface area contributed by atoms with E-state index in [2.05, 4.69) is 5.10 Å². The molecular formula is C14H15N3O2. The predicted molar refractivity (Wildman–Crippen MR) is 71.5 cm³/mol. The molecule has 1 aromatic carbocycles. The number of likely N-dealkylation sites (tertiary alicyclic amines) is 1. The van der Waals surface area contributed by atoms with E-state index in [1.54, 1.807) is 4.90 Å². The third kappa shape index (κ3) is 2.07. The molecule has 0 bridgehead atoms. The molecule has 1 aromatic heterocycles. The summed E-state index contributed by atoms with van der Waals surface area (Å²) in [5.74, 6) is -0.173. The van der Waals surface area contributed by atoms with Crippen molar-refractivity contribution in [3.05, 3.63) is 52.4 Å². The van der Waals surface area contributed by atoms with Crippen molar-refractivity contribution >= 4 is 5.91 Å². The SMILES string of the molecule is O=C(c1c[nH]n(-c2ccccc2)c1=O)N1CCCC1. The van der Waals surface area contributed by atoms with E-state index in [1.807, 2.05) is 30.3 Å². The summed E-state index contributed by atoms with van der Waals surface area (Å²) >= 11 is 0. The van der Waals surface area contributed by atoms with E-state index in [4.69, 9.17) is 0 Å². The molecule has 2 aromatic rings. The summed E-state index contributed by atoms with van der Waals surface area (Å²) in [5.41, 5.74) is 0.654. The minimum Gasteiger partial charge on any atom is -0.338 e. The Kier molecular flexibility index (Phi) is 2.95. The fourth-order valence-electron chi connectivity index (χ4n) is 2.38. The normalized spacial score (nSPS) is 14.8. The molecule has 1 aliphatic rings. The number of hydrogen-bond donors (Lipinski definition) is 1. The van der Waals surface area contributed by atoms with Crippen molar-refractivity contribution in [1.82, 2.24) is 14.7 Å². The molecule has 0 radical (unpaired) electrons. The van der Waals surface area contributed by atoms with Gasteiger partial charge in [0.15, 0.2) is 0 Å². The van der Waals surface area contributed by atoms with Gasteiger partial charge in [0.2, 0.25) is 0 Å². The fraction of sp³-hybridized carbons (Fsp3) is 0.286. The zero-order valence-corrected chi connectivity index (χ0v) is 10.5. The van der Waals surface area contributed by atoms with Crippen molar-refractivity contribution in [3.63, 3.8) is 0 Å². The summed E-state index contributed by atoms with van der Waals surface area (Å²) in [6, 6.07) is 9.23. The lowest BCUT2D eigenvalue weighted by Gasteiger charge is -2.12. The Bertz CT molecular complexity index is 636. The molecule has 2 heterocycles. The molecule has 1 aliphatic heterocycles. The first-order valence-corrected chi connectivity index (χ1v) is 6.42. The molecule has 98 valence electrons. The molecule has 19 heavy (non-hydrogen) atoms. The highest BCUT2D eigenvalue weighted by Gasteiger charge is 2.23. The molecule has 0 saturated carbocycles. The number of aromatic amines is 1. The van der Waals surface area contributed by atoms with E-state index in [0.717, 1.165) is 31.6 Å². The Morgan fingerprint density at radius 2 is 1.79 bits per heavy atom. The van der Waals surface area contributed by atoms with Gasteiger partial charge < -0.3 is 4.90 Å². The Labute approximate surface area is 110 Å². The number of carbonyl (C=O) groups is 1. The van der Waals surface area contributed by atoms with Gasteiger partial charge in [-0.25, -0.2) is 4.68 Å². The van der Waals surface area contributed by atoms with Crippen LogP contribution in [-0.2, 0) is 0 Å². The average Bonchev–Trinajstić information content (AvgIpc) is 3.08. The summed E-state index contributed by atoms with van der Waals surface area (Å²) in [6.07, 6.45) is 3.53. The lowest BCUT2D eigenvalue weighted by Crippen LogP contribution is -2.32. The summed E-state index contributed by atoms with van der Waals surface area (Å²) in [5, 5.41) is 2.85. The summed E-state index contributed by atoms with van der Waals surface area (Å²) in [7, 11) is 0. The van der Waals surface area contributed by atoms with Gasteiger partial charge in [-0.05, 0) is 25.0 Å². The number of rotatable bonds is 2. The first kappa shape index (κ1) is 11.8. The van der Waals surface area contributed by atoms with Gasteiger partial charge in [-0.15, -0.1) is 0 Å². The zero-order valence-electron chi connectivity index (χ0n) is 10.5. The van der Waals surface area contributed by atoms with E-state index in [0.29, 0.717) is 0 Å². The largest absolute Gasteiger partial charge is 0.338 e. The van der Waals surface area contributed by atoms with Crippen LogP contribution in [0.5, 0.6) is 0 Å². The summed E-state index contributed by atoms with van der Waals surface area (Å²) < 4.78 is 1.39. The van der Waals surface area contributed by atoms with Crippen molar-refractivity contribution in [2.45, 2.75) is 12.8 Å². The van der Waals surface area contributed by atoms with E-state index in [-0.39, 0.29) is 17.0 Å². The maximum Gasteiger partial charge on any atom is 0.284 e. The van der Waals surface area contributed by atoms with Crippen molar-refractivity contribution < 1.29 is 4.79 Å². The first-order chi connectivity index (χ1) is 9.27. The Hall–Kier alpha value is -2.30. The van der Waals surface area contributed by atoms with Crippen molar-refractivity contribution in [1.29, 1.82) is 0 Å². The minimum absolute atomic E-state index is 0.173. The van der Waals surface area contributed by atoms with E-state index >= 15 is 0 Å². The molecule has 0 atom stereocenters. The smallest absolute Gasteiger partial charge is 0.284 e. The minimum atomic E-state index is -0.289. The molecule has 1 amide bonds. The maximum atomic E-state index is 12.3. The Morgan fingerprint density at radius 1 is 1.11 bits per heavy atom. The number of carbonyl (C=O) groups excluding carboxylic acids is 1. The zero-order chi connectivity index (χ0) is 13.2. The number of hydrogen-bond acceptors (Lipinski definition) is 2. The van der Waals surface area contributed by atoms with Crippen LogP contribution in [0.3, 0.4) is 0 Å². The molecule has 0 aliphatic carbocycles. The predicted octanol–water partition coefficient (Wildman–Crippen LogP) is 1.40. The lowest BCUT2D eigenvalue weighted by molar-refractivity contribution is 0.0791. The number of aromatic nitrogens is 2.